The van der Waals surface area contributed by atoms with Gasteiger partial charge in [-0.05, 0) is 18.2 Å². The second kappa shape index (κ2) is 8.81. The van der Waals surface area contributed by atoms with E-state index in [0.29, 0.717) is 39.4 Å². The third-order valence-corrected chi connectivity index (χ3v) is 4.96. The first-order chi connectivity index (χ1) is 15.5. The van der Waals surface area contributed by atoms with Crippen LogP contribution in [0.15, 0.2) is 71.5 Å². The van der Waals surface area contributed by atoms with Gasteiger partial charge in [0.1, 0.15) is 17.2 Å². The van der Waals surface area contributed by atoms with Gasteiger partial charge in [-0.15, -0.1) is 0 Å². The Labute approximate surface area is 184 Å². The van der Waals surface area contributed by atoms with E-state index in [-0.39, 0.29) is 11.3 Å². The molecule has 1 aromatic heterocycles. The number of para-hydroxylation sites is 2. The van der Waals surface area contributed by atoms with Crippen LogP contribution in [0.3, 0.4) is 0 Å². The van der Waals surface area contributed by atoms with Crippen LogP contribution in [-0.2, 0) is 0 Å². The van der Waals surface area contributed by atoms with Gasteiger partial charge in [-0.25, -0.2) is 0 Å². The van der Waals surface area contributed by atoms with Crippen LogP contribution < -0.4 is 25.1 Å². The SMILES string of the molecule is COc1cc(OC)cc(-n2nc(C(=O)Nc3ccccc3OC)c3ccccc3c2=O)c1. The van der Waals surface area contributed by atoms with Gasteiger partial charge in [0, 0.05) is 23.6 Å². The molecule has 1 N–H and O–H groups in total. The molecule has 162 valence electrons. The smallest absolute Gasteiger partial charge is 0.279 e. The Bertz CT molecular complexity index is 1340. The van der Waals surface area contributed by atoms with Gasteiger partial charge < -0.3 is 19.5 Å². The molecular formula is C24H21N3O5. The molecule has 0 radical (unpaired) electrons. The van der Waals surface area contributed by atoms with Crippen molar-refractivity contribution < 1.29 is 19.0 Å². The molecule has 4 rings (SSSR count). The molecule has 0 spiro atoms. The maximum absolute atomic E-state index is 13.2. The van der Waals surface area contributed by atoms with E-state index < -0.39 is 5.91 Å². The van der Waals surface area contributed by atoms with Crippen LogP contribution in [0.1, 0.15) is 10.5 Å². The largest absolute Gasteiger partial charge is 0.497 e. The van der Waals surface area contributed by atoms with E-state index in [4.69, 9.17) is 14.2 Å². The van der Waals surface area contributed by atoms with Crippen LogP contribution >= 0.6 is 0 Å². The molecule has 0 aliphatic heterocycles. The molecule has 0 fully saturated rings. The summed E-state index contributed by atoms with van der Waals surface area (Å²) in [7, 11) is 4.55. The topological polar surface area (TPSA) is 91.7 Å². The van der Waals surface area contributed by atoms with Crippen LogP contribution in [0, 0.1) is 0 Å². The first-order valence-corrected chi connectivity index (χ1v) is 9.75. The minimum absolute atomic E-state index is 0.0906. The predicted octanol–water partition coefficient (Wildman–Crippen LogP) is 3.66. The number of rotatable bonds is 6. The third kappa shape index (κ3) is 3.85. The molecule has 8 nitrogen and oxygen atoms in total. The highest BCUT2D eigenvalue weighted by molar-refractivity contribution is 6.11. The van der Waals surface area contributed by atoms with Crippen LogP contribution in [0.4, 0.5) is 5.69 Å². The number of nitrogens with zero attached hydrogens (tertiary/aromatic N) is 2. The second-order valence-corrected chi connectivity index (χ2v) is 6.84. The average Bonchev–Trinajstić information content (AvgIpc) is 2.84. The van der Waals surface area contributed by atoms with Gasteiger partial charge in [0.05, 0.1) is 38.1 Å². The normalized spacial score (nSPS) is 10.6. The summed E-state index contributed by atoms with van der Waals surface area (Å²) in [4.78, 5) is 26.5. The fourth-order valence-electron chi connectivity index (χ4n) is 3.38. The lowest BCUT2D eigenvalue weighted by Crippen LogP contribution is -2.26. The lowest BCUT2D eigenvalue weighted by atomic mass is 10.1. The Hall–Kier alpha value is -4.33. The number of hydrogen-bond donors (Lipinski definition) is 1. The number of benzene rings is 3. The van der Waals surface area contributed by atoms with E-state index in [0.717, 1.165) is 0 Å². The van der Waals surface area contributed by atoms with Crippen molar-refractivity contribution in [1.82, 2.24) is 9.78 Å². The highest BCUT2D eigenvalue weighted by Gasteiger charge is 2.19. The first kappa shape index (κ1) is 20.9. The summed E-state index contributed by atoms with van der Waals surface area (Å²) in [6.07, 6.45) is 0. The number of carbonyl (C=O) groups is 1. The molecule has 0 bridgehead atoms. The molecule has 8 heteroatoms. The van der Waals surface area contributed by atoms with E-state index in [1.165, 1.54) is 26.0 Å². The second-order valence-electron chi connectivity index (χ2n) is 6.84. The van der Waals surface area contributed by atoms with Gasteiger partial charge >= 0.3 is 0 Å². The zero-order valence-corrected chi connectivity index (χ0v) is 17.8. The third-order valence-electron chi connectivity index (χ3n) is 4.96. The number of ether oxygens (including phenoxy) is 3. The van der Waals surface area contributed by atoms with E-state index in [1.54, 1.807) is 66.7 Å². The summed E-state index contributed by atoms with van der Waals surface area (Å²) in [5.41, 5.74) is 0.618. The number of nitrogens with one attached hydrogen (secondary N) is 1. The molecule has 0 saturated heterocycles. The molecule has 4 aromatic rings. The summed E-state index contributed by atoms with van der Waals surface area (Å²) in [5, 5.41) is 8.03. The molecule has 1 amide bonds. The Morgan fingerprint density at radius 1 is 0.844 bits per heavy atom. The quantitative estimate of drug-likeness (QED) is 0.501. The number of amides is 1. The molecule has 32 heavy (non-hydrogen) atoms. The number of hydrogen-bond acceptors (Lipinski definition) is 6. The van der Waals surface area contributed by atoms with Crippen molar-refractivity contribution in [1.29, 1.82) is 0 Å². The Kier molecular flexibility index (Phi) is 5.76. The highest BCUT2D eigenvalue weighted by atomic mass is 16.5. The van der Waals surface area contributed by atoms with E-state index in [1.807, 2.05) is 0 Å². The van der Waals surface area contributed by atoms with Crippen molar-refractivity contribution in [2.45, 2.75) is 0 Å². The summed E-state index contributed by atoms with van der Waals surface area (Å²) in [6, 6.07) is 18.9. The molecular weight excluding hydrogens is 410 g/mol. The monoisotopic (exact) mass is 431 g/mol. The van der Waals surface area contributed by atoms with E-state index in [2.05, 4.69) is 10.4 Å². The molecule has 1 heterocycles. The van der Waals surface area contributed by atoms with Crippen molar-refractivity contribution in [3.05, 3.63) is 82.8 Å². The minimum atomic E-state index is -0.477. The zero-order valence-electron chi connectivity index (χ0n) is 17.8. The number of fused-ring (bicyclic) bond motifs is 1. The number of aromatic nitrogens is 2. The van der Waals surface area contributed by atoms with Crippen LogP contribution in [0.5, 0.6) is 17.2 Å². The van der Waals surface area contributed by atoms with Crippen molar-refractivity contribution in [2.75, 3.05) is 26.6 Å². The standard InChI is InChI=1S/C24H21N3O5/c1-30-16-12-15(13-17(14-16)31-2)27-24(29)19-9-5-4-8-18(19)22(26-27)23(28)25-20-10-6-7-11-21(20)32-3/h4-14H,1-3H3,(H,25,28). The minimum Gasteiger partial charge on any atom is -0.497 e. The molecule has 0 atom stereocenters. The Morgan fingerprint density at radius 3 is 2.12 bits per heavy atom. The number of anilines is 1. The van der Waals surface area contributed by atoms with Crippen molar-refractivity contribution in [3.8, 4) is 22.9 Å². The van der Waals surface area contributed by atoms with Crippen LogP contribution in [0.2, 0.25) is 0 Å². The van der Waals surface area contributed by atoms with Crippen LogP contribution in [-0.4, -0.2) is 37.0 Å². The van der Waals surface area contributed by atoms with Gasteiger partial charge in [0.15, 0.2) is 5.69 Å². The number of carbonyl (C=O) groups excluding carboxylic acids is 1. The lowest BCUT2D eigenvalue weighted by molar-refractivity contribution is 0.102. The fourth-order valence-corrected chi connectivity index (χ4v) is 3.38. The van der Waals surface area contributed by atoms with E-state index >= 15 is 0 Å². The molecule has 3 aromatic carbocycles. The maximum atomic E-state index is 13.2. The zero-order chi connectivity index (χ0) is 22.7. The van der Waals surface area contributed by atoms with Crippen molar-refractivity contribution >= 4 is 22.4 Å². The first-order valence-electron chi connectivity index (χ1n) is 9.75. The van der Waals surface area contributed by atoms with Gasteiger partial charge in [0.25, 0.3) is 11.5 Å². The van der Waals surface area contributed by atoms with Gasteiger partial charge in [0.2, 0.25) is 0 Å². The van der Waals surface area contributed by atoms with Gasteiger partial charge in [-0.2, -0.15) is 9.78 Å². The summed E-state index contributed by atoms with van der Waals surface area (Å²) < 4.78 is 17.1. The van der Waals surface area contributed by atoms with Gasteiger partial charge in [-0.3, -0.25) is 9.59 Å². The van der Waals surface area contributed by atoms with Gasteiger partial charge in [-0.1, -0.05) is 30.3 Å². The molecule has 0 aliphatic rings. The summed E-state index contributed by atoms with van der Waals surface area (Å²) in [6.45, 7) is 0. The van der Waals surface area contributed by atoms with Crippen LogP contribution in [0.25, 0.3) is 16.5 Å². The molecule has 0 aliphatic carbocycles. The molecule has 0 saturated carbocycles. The highest BCUT2D eigenvalue weighted by Crippen LogP contribution is 2.26. The number of methoxy groups -OCH3 is 3. The maximum Gasteiger partial charge on any atom is 0.279 e. The molecule has 0 unspecified atom stereocenters. The van der Waals surface area contributed by atoms with Crippen molar-refractivity contribution in [2.24, 2.45) is 0 Å². The fraction of sp³-hybridized carbons (Fsp3) is 0.125. The summed E-state index contributed by atoms with van der Waals surface area (Å²) >= 11 is 0. The lowest BCUT2D eigenvalue weighted by Gasteiger charge is -2.14. The Morgan fingerprint density at radius 2 is 1.47 bits per heavy atom. The average molecular weight is 431 g/mol. The predicted molar refractivity (Wildman–Crippen MR) is 121 cm³/mol. The summed E-state index contributed by atoms with van der Waals surface area (Å²) in [5.74, 6) is 1.01. The van der Waals surface area contributed by atoms with Crippen molar-refractivity contribution in [3.63, 3.8) is 0 Å². The van der Waals surface area contributed by atoms with E-state index in [9.17, 15) is 9.59 Å². The Balaban J connectivity index is 1.90.